The summed E-state index contributed by atoms with van der Waals surface area (Å²) < 4.78 is 11.0. The van der Waals surface area contributed by atoms with E-state index in [1.54, 1.807) is 19.5 Å². The number of methoxy groups -OCH3 is 2. The van der Waals surface area contributed by atoms with Gasteiger partial charge in [-0.15, -0.1) is 0 Å². The van der Waals surface area contributed by atoms with Gasteiger partial charge in [-0.05, 0) is 13.3 Å². The molecule has 1 saturated heterocycles. The number of carbonyl (C=O) groups is 1. The monoisotopic (exact) mass is 607 g/mol. The number of hydrogen-bond donors (Lipinski definition) is 3. The molecule has 1 amide bonds. The van der Waals surface area contributed by atoms with Crippen molar-refractivity contribution < 1.29 is 14.3 Å². The molecule has 218 valence electrons. The second-order valence-electron chi connectivity index (χ2n) is 9.92. The van der Waals surface area contributed by atoms with Crippen LogP contribution in [-0.2, 0) is 11.3 Å². The predicted octanol–water partition coefficient (Wildman–Crippen LogP) is 4.98. The van der Waals surface area contributed by atoms with Gasteiger partial charge in [0.25, 0.3) is 0 Å². The van der Waals surface area contributed by atoms with Crippen LogP contribution in [0.3, 0.4) is 0 Å². The van der Waals surface area contributed by atoms with Gasteiger partial charge >= 0.3 is 0 Å². The van der Waals surface area contributed by atoms with Crippen LogP contribution in [0.4, 0.5) is 0 Å². The summed E-state index contributed by atoms with van der Waals surface area (Å²) in [6.07, 6.45) is 4.68. The molecular weight excluding hydrogens is 577 g/mol. The Labute approximate surface area is 254 Å². The molecule has 0 saturated carbocycles. The topological polar surface area (TPSA) is 137 Å². The number of amides is 1. The van der Waals surface area contributed by atoms with Crippen LogP contribution in [0.2, 0.25) is 10.0 Å². The number of hydrogen-bond acceptors (Lipinski definition) is 9. The summed E-state index contributed by atoms with van der Waals surface area (Å²) in [5.74, 6) is 0.820. The molecule has 4 aromatic rings. The largest absolute Gasteiger partial charge is 0.480 e. The lowest BCUT2D eigenvalue weighted by Gasteiger charge is -2.15. The number of aromatic nitrogens is 4. The standard InChI is InChI=1S/C30H31Cl2N7O3/c1-16(33)28-30(42-3)39-23(15-36-28)21-9-5-7-19(27(21)32)18-6-4-8-20(26(18)31)22-14-35-24(29(38-22)41-2)13-34-12-17-10-11-25(40)37-17/h4-9,14-17,34H,10-13,33H2,1-3H3,(H,37,40)/t16-,17-/m0/s1. The Morgan fingerprint density at radius 3 is 2.07 bits per heavy atom. The second-order valence-corrected chi connectivity index (χ2v) is 10.7. The first-order valence-electron chi connectivity index (χ1n) is 13.4. The zero-order valence-corrected chi connectivity index (χ0v) is 25.0. The van der Waals surface area contributed by atoms with Crippen LogP contribution in [0.15, 0.2) is 48.8 Å². The molecule has 5 rings (SSSR count). The van der Waals surface area contributed by atoms with Gasteiger partial charge in [-0.3, -0.25) is 14.8 Å². The first-order valence-corrected chi connectivity index (χ1v) is 14.2. The Morgan fingerprint density at radius 2 is 1.52 bits per heavy atom. The molecule has 0 aliphatic carbocycles. The van der Waals surface area contributed by atoms with Crippen LogP contribution >= 0.6 is 23.2 Å². The quantitative estimate of drug-likeness (QED) is 0.228. The third kappa shape index (κ3) is 6.17. The Kier molecular flexibility index (Phi) is 9.18. The van der Waals surface area contributed by atoms with Crippen LogP contribution in [0.1, 0.15) is 37.2 Å². The maximum absolute atomic E-state index is 11.4. The van der Waals surface area contributed by atoms with Gasteiger partial charge in [-0.25, -0.2) is 9.97 Å². The lowest BCUT2D eigenvalue weighted by Crippen LogP contribution is -2.35. The molecule has 2 aromatic carbocycles. The van der Waals surface area contributed by atoms with Crippen molar-refractivity contribution in [3.05, 3.63) is 70.2 Å². The molecule has 42 heavy (non-hydrogen) atoms. The van der Waals surface area contributed by atoms with E-state index < -0.39 is 0 Å². The fraction of sp³-hybridized carbons (Fsp3) is 0.300. The minimum atomic E-state index is -0.335. The van der Waals surface area contributed by atoms with Gasteiger partial charge in [-0.1, -0.05) is 59.6 Å². The van der Waals surface area contributed by atoms with Crippen molar-refractivity contribution in [3.63, 3.8) is 0 Å². The molecule has 1 aliphatic heterocycles. The molecule has 10 nitrogen and oxygen atoms in total. The highest BCUT2D eigenvalue weighted by Crippen LogP contribution is 2.42. The SMILES string of the molecule is COc1nc(-c2cccc(-c3cccc(-c4cnc([C@H](C)N)c(OC)n4)c3Cl)c2Cl)cnc1CNC[C@@H]1CCC(=O)N1. The summed E-state index contributed by atoms with van der Waals surface area (Å²) in [6.45, 7) is 2.90. The van der Waals surface area contributed by atoms with Gasteiger partial charge in [0.15, 0.2) is 0 Å². The lowest BCUT2D eigenvalue weighted by molar-refractivity contribution is -0.119. The van der Waals surface area contributed by atoms with Gasteiger partial charge in [0.1, 0.15) is 11.4 Å². The summed E-state index contributed by atoms with van der Waals surface area (Å²) in [5.41, 5.74) is 11.1. The van der Waals surface area contributed by atoms with Crippen LogP contribution in [-0.4, -0.2) is 52.6 Å². The molecule has 1 fully saturated rings. The van der Waals surface area contributed by atoms with Gasteiger partial charge in [0.2, 0.25) is 17.7 Å². The van der Waals surface area contributed by atoms with E-state index in [0.29, 0.717) is 75.2 Å². The molecule has 0 bridgehead atoms. The molecule has 4 N–H and O–H groups in total. The van der Waals surface area contributed by atoms with Gasteiger partial charge in [-0.2, -0.15) is 0 Å². The number of ether oxygens (including phenoxy) is 2. The number of benzene rings is 2. The van der Waals surface area contributed by atoms with Gasteiger partial charge in [0, 0.05) is 53.8 Å². The smallest absolute Gasteiger partial charge is 0.237 e. The van der Waals surface area contributed by atoms with Crippen LogP contribution in [0.25, 0.3) is 33.6 Å². The Morgan fingerprint density at radius 1 is 0.952 bits per heavy atom. The van der Waals surface area contributed by atoms with E-state index in [4.69, 9.17) is 43.4 Å². The average molecular weight is 609 g/mol. The maximum atomic E-state index is 11.4. The number of nitrogens with two attached hydrogens (primary N) is 1. The average Bonchev–Trinajstić information content (AvgIpc) is 3.42. The van der Waals surface area contributed by atoms with Crippen molar-refractivity contribution in [2.24, 2.45) is 5.73 Å². The van der Waals surface area contributed by atoms with E-state index >= 15 is 0 Å². The molecule has 1 aliphatic rings. The van der Waals surface area contributed by atoms with E-state index in [1.807, 2.05) is 43.3 Å². The van der Waals surface area contributed by atoms with Crippen molar-refractivity contribution in [3.8, 4) is 45.4 Å². The molecule has 2 aromatic heterocycles. The van der Waals surface area contributed by atoms with Crippen LogP contribution in [0.5, 0.6) is 11.8 Å². The summed E-state index contributed by atoms with van der Waals surface area (Å²) in [5, 5.41) is 7.19. The van der Waals surface area contributed by atoms with Crippen molar-refractivity contribution in [1.29, 1.82) is 0 Å². The first-order chi connectivity index (χ1) is 20.3. The van der Waals surface area contributed by atoms with E-state index in [9.17, 15) is 4.79 Å². The van der Waals surface area contributed by atoms with Crippen molar-refractivity contribution >= 4 is 29.1 Å². The van der Waals surface area contributed by atoms with Crippen molar-refractivity contribution in [2.75, 3.05) is 20.8 Å². The number of rotatable bonds is 10. The molecule has 2 atom stereocenters. The van der Waals surface area contributed by atoms with E-state index in [1.165, 1.54) is 7.11 Å². The maximum Gasteiger partial charge on any atom is 0.237 e. The molecule has 0 spiro atoms. The Balaban J connectivity index is 1.43. The van der Waals surface area contributed by atoms with Crippen LogP contribution in [0, 0.1) is 0 Å². The van der Waals surface area contributed by atoms with E-state index in [-0.39, 0.29) is 18.0 Å². The number of nitrogens with zero attached hydrogens (tertiary/aromatic N) is 4. The molecule has 0 radical (unpaired) electrons. The zero-order valence-electron chi connectivity index (χ0n) is 23.4. The second kappa shape index (κ2) is 13.0. The fourth-order valence-corrected chi connectivity index (χ4v) is 5.51. The summed E-state index contributed by atoms with van der Waals surface area (Å²) in [7, 11) is 3.08. The van der Waals surface area contributed by atoms with Crippen molar-refractivity contribution in [1.82, 2.24) is 30.6 Å². The number of nitrogens with one attached hydrogen (secondary N) is 2. The minimum absolute atomic E-state index is 0.0837. The Bertz CT molecular complexity index is 1620. The fourth-order valence-electron chi connectivity index (χ4n) is 4.86. The van der Waals surface area contributed by atoms with Gasteiger partial charge in [0.05, 0.1) is 48.0 Å². The highest BCUT2D eigenvalue weighted by Gasteiger charge is 2.22. The van der Waals surface area contributed by atoms with E-state index in [2.05, 4.69) is 25.6 Å². The number of halogens is 2. The normalized spacial score (nSPS) is 15.4. The van der Waals surface area contributed by atoms with Gasteiger partial charge < -0.3 is 25.8 Å². The molecule has 3 heterocycles. The highest BCUT2D eigenvalue weighted by molar-refractivity contribution is 6.39. The molecular formula is C30H31Cl2N7O3. The first kappa shape index (κ1) is 29.7. The third-order valence-electron chi connectivity index (χ3n) is 7.00. The predicted molar refractivity (Wildman–Crippen MR) is 163 cm³/mol. The zero-order chi connectivity index (χ0) is 29.8. The lowest BCUT2D eigenvalue weighted by atomic mass is 9.98. The number of carbonyl (C=O) groups excluding carboxylic acids is 1. The van der Waals surface area contributed by atoms with E-state index in [0.717, 1.165) is 17.5 Å². The van der Waals surface area contributed by atoms with Crippen molar-refractivity contribution in [2.45, 2.75) is 38.4 Å². The summed E-state index contributed by atoms with van der Waals surface area (Å²) in [4.78, 5) is 29.8. The summed E-state index contributed by atoms with van der Waals surface area (Å²) in [6, 6.07) is 11.1. The minimum Gasteiger partial charge on any atom is -0.480 e. The molecule has 12 heteroatoms. The van der Waals surface area contributed by atoms with Crippen LogP contribution < -0.4 is 25.8 Å². The molecule has 0 unspecified atom stereocenters. The summed E-state index contributed by atoms with van der Waals surface area (Å²) >= 11 is 13.9. The third-order valence-corrected chi connectivity index (χ3v) is 7.82. The highest BCUT2D eigenvalue weighted by atomic mass is 35.5. The Hall–Kier alpha value is -3.83.